The van der Waals surface area contributed by atoms with Gasteiger partial charge in [-0.05, 0) is 31.6 Å². The molecule has 17 heavy (non-hydrogen) atoms. The summed E-state index contributed by atoms with van der Waals surface area (Å²) in [7, 11) is 0. The van der Waals surface area contributed by atoms with E-state index in [1.54, 1.807) is 0 Å². The molecular weight excluding hydrogens is 216 g/mol. The number of aliphatic hydroxyl groups is 1. The summed E-state index contributed by atoms with van der Waals surface area (Å²) in [4.78, 5) is 11.7. The lowest BCUT2D eigenvalue weighted by molar-refractivity contribution is 0.199. The molecule has 2 rings (SSSR count). The Balaban J connectivity index is 1.66. The zero-order valence-corrected chi connectivity index (χ0v) is 10.7. The molecule has 4 nitrogen and oxygen atoms in total. The molecule has 0 aromatic carbocycles. The van der Waals surface area contributed by atoms with Crippen molar-refractivity contribution in [1.82, 2.24) is 10.6 Å². The summed E-state index contributed by atoms with van der Waals surface area (Å²) < 4.78 is 0. The molecule has 2 atom stereocenters. The molecule has 0 bridgehead atoms. The van der Waals surface area contributed by atoms with Gasteiger partial charge in [0.15, 0.2) is 0 Å². The maximum atomic E-state index is 11.7. The zero-order valence-electron chi connectivity index (χ0n) is 10.7. The Labute approximate surface area is 103 Å². The number of urea groups is 1. The van der Waals surface area contributed by atoms with Crippen LogP contribution in [-0.2, 0) is 0 Å². The van der Waals surface area contributed by atoms with Gasteiger partial charge in [0.1, 0.15) is 0 Å². The first-order chi connectivity index (χ1) is 8.13. The highest BCUT2D eigenvalue weighted by Crippen LogP contribution is 2.44. The minimum Gasteiger partial charge on any atom is -0.396 e. The van der Waals surface area contributed by atoms with Crippen LogP contribution in [0.5, 0.6) is 0 Å². The van der Waals surface area contributed by atoms with E-state index in [0.717, 1.165) is 31.6 Å². The number of carbonyl (C=O) groups is 1. The largest absolute Gasteiger partial charge is 0.396 e. The lowest BCUT2D eigenvalue weighted by Gasteiger charge is -2.27. The van der Waals surface area contributed by atoms with Crippen molar-refractivity contribution in [3.63, 3.8) is 0 Å². The number of nitrogens with one attached hydrogen (secondary N) is 2. The third-order valence-electron chi connectivity index (χ3n) is 4.19. The molecule has 0 spiro atoms. The summed E-state index contributed by atoms with van der Waals surface area (Å²) in [5, 5.41) is 15.1. The van der Waals surface area contributed by atoms with Gasteiger partial charge in [0.05, 0.1) is 6.61 Å². The normalized spacial score (nSPS) is 30.7. The number of aliphatic hydroxyl groups excluding tert-OH is 1. The van der Waals surface area contributed by atoms with Crippen molar-refractivity contribution in [2.24, 2.45) is 11.3 Å². The molecule has 0 heterocycles. The molecule has 0 aromatic rings. The van der Waals surface area contributed by atoms with Gasteiger partial charge >= 0.3 is 6.03 Å². The van der Waals surface area contributed by atoms with E-state index in [0.29, 0.717) is 12.6 Å². The molecular formula is C13H24N2O2. The lowest BCUT2D eigenvalue weighted by Crippen LogP contribution is -2.45. The molecule has 2 amide bonds. The first-order valence-corrected chi connectivity index (χ1v) is 6.79. The summed E-state index contributed by atoms with van der Waals surface area (Å²) >= 11 is 0. The highest BCUT2D eigenvalue weighted by molar-refractivity contribution is 5.74. The molecule has 3 N–H and O–H groups in total. The van der Waals surface area contributed by atoms with Crippen LogP contribution < -0.4 is 10.6 Å². The average Bonchev–Trinajstić information content (AvgIpc) is 3.07. The second-order valence-corrected chi connectivity index (χ2v) is 5.95. The minimum absolute atomic E-state index is 0.00278. The van der Waals surface area contributed by atoms with Gasteiger partial charge in [0, 0.05) is 18.0 Å². The van der Waals surface area contributed by atoms with E-state index in [-0.39, 0.29) is 18.1 Å². The molecule has 0 saturated heterocycles. The van der Waals surface area contributed by atoms with Crippen molar-refractivity contribution in [2.45, 2.75) is 51.5 Å². The van der Waals surface area contributed by atoms with Gasteiger partial charge < -0.3 is 15.7 Å². The van der Waals surface area contributed by atoms with Crippen molar-refractivity contribution >= 4 is 6.03 Å². The maximum absolute atomic E-state index is 11.7. The van der Waals surface area contributed by atoms with Crippen molar-refractivity contribution in [3.05, 3.63) is 0 Å². The van der Waals surface area contributed by atoms with Crippen LogP contribution >= 0.6 is 0 Å². The molecule has 2 aliphatic carbocycles. The van der Waals surface area contributed by atoms with Crippen LogP contribution in [-0.4, -0.2) is 30.3 Å². The number of amides is 2. The monoisotopic (exact) mass is 240 g/mol. The van der Waals surface area contributed by atoms with E-state index in [9.17, 15) is 4.79 Å². The SMILES string of the molecule is CC1CCCC(NC(=O)NCC2(CO)CC2)C1. The fraction of sp³-hybridized carbons (Fsp3) is 0.923. The van der Waals surface area contributed by atoms with E-state index in [4.69, 9.17) is 5.11 Å². The van der Waals surface area contributed by atoms with E-state index >= 15 is 0 Å². The van der Waals surface area contributed by atoms with Crippen LogP contribution in [0.25, 0.3) is 0 Å². The summed E-state index contributed by atoms with van der Waals surface area (Å²) in [5.74, 6) is 0.723. The van der Waals surface area contributed by atoms with Gasteiger partial charge in [0.2, 0.25) is 0 Å². The predicted molar refractivity (Wildman–Crippen MR) is 66.7 cm³/mol. The van der Waals surface area contributed by atoms with E-state index in [1.807, 2.05) is 0 Å². The summed E-state index contributed by atoms with van der Waals surface area (Å²) in [6.07, 6.45) is 6.76. The van der Waals surface area contributed by atoms with Gasteiger partial charge in [-0.3, -0.25) is 0 Å². The molecule has 4 heteroatoms. The quantitative estimate of drug-likeness (QED) is 0.699. The fourth-order valence-corrected chi connectivity index (χ4v) is 2.64. The predicted octanol–water partition coefficient (Wildman–Crippen LogP) is 1.64. The van der Waals surface area contributed by atoms with Crippen LogP contribution in [0.15, 0.2) is 0 Å². The Morgan fingerprint density at radius 3 is 2.76 bits per heavy atom. The van der Waals surface area contributed by atoms with Crippen molar-refractivity contribution in [3.8, 4) is 0 Å². The Bertz CT molecular complexity index is 277. The van der Waals surface area contributed by atoms with E-state index in [2.05, 4.69) is 17.6 Å². The van der Waals surface area contributed by atoms with E-state index < -0.39 is 0 Å². The van der Waals surface area contributed by atoms with Gasteiger partial charge in [-0.25, -0.2) is 4.79 Å². The van der Waals surface area contributed by atoms with Crippen molar-refractivity contribution in [2.75, 3.05) is 13.2 Å². The Kier molecular flexibility index (Phi) is 3.92. The molecule has 2 unspecified atom stereocenters. The van der Waals surface area contributed by atoms with Crippen LogP contribution in [0, 0.1) is 11.3 Å². The topological polar surface area (TPSA) is 61.4 Å². The first kappa shape index (κ1) is 12.7. The van der Waals surface area contributed by atoms with E-state index in [1.165, 1.54) is 12.8 Å². The highest BCUT2D eigenvalue weighted by Gasteiger charge is 2.42. The second-order valence-electron chi connectivity index (χ2n) is 5.95. The molecule has 0 radical (unpaired) electrons. The number of hydrogen-bond donors (Lipinski definition) is 3. The number of hydrogen-bond acceptors (Lipinski definition) is 2. The molecule has 2 saturated carbocycles. The van der Waals surface area contributed by atoms with Gasteiger partial charge in [-0.1, -0.05) is 19.8 Å². The van der Waals surface area contributed by atoms with Crippen LogP contribution in [0.4, 0.5) is 4.79 Å². The van der Waals surface area contributed by atoms with Crippen molar-refractivity contribution < 1.29 is 9.90 Å². The maximum Gasteiger partial charge on any atom is 0.315 e. The third kappa shape index (κ3) is 3.60. The molecule has 2 fully saturated rings. The minimum atomic E-state index is -0.0659. The van der Waals surface area contributed by atoms with Gasteiger partial charge in [-0.2, -0.15) is 0 Å². The standard InChI is InChI=1S/C13H24N2O2/c1-10-3-2-4-11(7-10)15-12(17)14-8-13(9-16)5-6-13/h10-11,16H,2-9H2,1H3,(H2,14,15,17). The lowest BCUT2D eigenvalue weighted by atomic mass is 9.87. The first-order valence-electron chi connectivity index (χ1n) is 6.79. The van der Waals surface area contributed by atoms with Gasteiger partial charge in [-0.15, -0.1) is 0 Å². The molecule has 98 valence electrons. The summed E-state index contributed by atoms with van der Waals surface area (Å²) in [6, 6.07) is 0.270. The van der Waals surface area contributed by atoms with Crippen LogP contribution in [0.3, 0.4) is 0 Å². The Morgan fingerprint density at radius 1 is 1.41 bits per heavy atom. The smallest absolute Gasteiger partial charge is 0.315 e. The highest BCUT2D eigenvalue weighted by atomic mass is 16.3. The number of rotatable bonds is 4. The van der Waals surface area contributed by atoms with Gasteiger partial charge in [0.25, 0.3) is 0 Å². The zero-order chi connectivity index (χ0) is 12.3. The summed E-state index contributed by atoms with van der Waals surface area (Å²) in [5.41, 5.74) is -0.00278. The Morgan fingerprint density at radius 2 is 2.18 bits per heavy atom. The second kappa shape index (κ2) is 5.25. The summed E-state index contributed by atoms with van der Waals surface area (Å²) in [6.45, 7) is 3.04. The van der Waals surface area contributed by atoms with Crippen molar-refractivity contribution in [1.29, 1.82) is 0 Å². The van der Waals surface area contributed by atoms with Crippen LogP contribution in [0.1, 0.15) is 45.4 Å². The fourth-order valence-electron chi connectivity index (χ4n) is 2.64. The number of carbonyl (C=O) groups excluding carboxylic acids is 1. The average molecular weight is 240 g/mol. The third-order valence-corrected chi connectivity index (χ3v) is 4.19. The molecule has 0 aliphatic heterocycles. The van der Waals surface area contributed by atoms with Crippen LogP contribution in [0.2, 0.25) is 0 Å². The molecule has 2 aliphatic rings. The molecule has 0 aromatic heterocycles. The Hall–Kier alpha value is -0.770.